The van der Waals surface area contributed by atoms with Gasteiger partial charge in [-0.3, -0.25) is 0 Å². The molecule has 0 aromatic carbocycles. The lowest BCUT2D eigenvalue weighted by molar-refractivity contribution is 0.428. The zero-order chi connectivity index (χ0) is 8.39. The van der Waals surface area contributed by atoms with Gasteiger partial charge in [0.05, 0.1) is 0 Å². The molecule has 0 unspecified atom stereocenters. The van der Waals surface area contributed by atoms with Crippen LogP contribution in [0.3, 0.4) is 0 Å². The quantitative estimate of drug-likeness (QED) is 0.719. The summed E-state index contributed by atoms with van der Waals surface area (Å²) in [7, 11) is 0. The van der Waals surface area contributed by atoms with Gasteiger partial charge in [-0.1, -0.05) is 0 Å². The molecular weight excluding hydrogens is 170 g/mol. The smallest absolute Gasteiger partial charge is 0.119 e. The molecule has 1 heterocycles. The summed E-state index contributed by atoms with van der Waals surface area (Å²) >= 11 is 1.61. The molecule has 3 heteroatoms. The van der Waals surface area contributed by atoms with E-state index in [9.17, 15) is 5.11 Å². The summed E-state index contributed by atoms with van der Waals surface area (Å²) in [6, 6.07) is 0. The van der Waals surface area contributed by atoms with Gasteiger partial charge in [0.15, 0.2) is 0 Å². The van der Waals surface area contributed by atoms with Crippen LogP contribution in [0.2, 0.25) is 0 Å². The van der Waals surface area contributed by atoms with Crippen molar-refractivity contribution in [1.82, 2.24) is 4.98 Å². The lowest BCUT2D eigenvalue weighted by Gasteiger charge is -2.07. The molecule has 0 saturated heterocycles. The van der Waals surface area contributed by atoms with E-state index >= 15 is 0 Å². The summed E-state index contributed by atoms with van der Waals surface area (Å²) in [5, 5.41) is 12.2. The van der Waals surface area contributed by atoms with Gasteiger partial charge in [-0.15, -0.1) is 11.3 Å². The number of rotatable bonds is 1. The molecule has 62 valence electrons. The molecule has 2 rings (SSSR count). The van der Waals surface area contributed by atoms with Gasteiger partial charge in [0.2, 0.25) is 0 Å². The fourth-order valence-electron chi connectivity index (χ4n) is 1.24. The number of hydrogen-bond acceptors (Lipinski definition) is 3. The third-order valence-corrected chi connectivity index (χ3v) is 2.64. The van der Waals surface area contributed by atoms with Gasteiger partial charge in [0, 0.05) is 11.6 Å². The zero-order valence-corrected chi connectivity index (χ0v) is 7.34. The van der Waals surface area contributed by atoms with Crippen molar-refractivity contribution in [2.75, 3.05) is 0 Å². The average molecular weight is 179 g/mol. The van der Waals surface area contributed by atoms with Crippen LogP contribution >= 0.6 is 11.3 Å². The van der Waals surface area contributed by atoms with Gasteiger partial charge in [-0.05, 0) is 30.6 Å². The first kappa shape index (κ1) is 7.55. The van der Waals surface area contributed by atoms with Crippen molar-refractivity contribution in [1.29, 1.82) is 0 Å². The minimum Gasteiger partial charge on any atom is -0.508 e. The van der Waals surface area contributed by atoms with Crippen molar-refractivity contribution in [3.63, 3.8) is 0 Å². The minimum absolute atomic E-state index is 0.367. The average Bonchev–Trinajstić information content (AvgIpc) is 2.56. The van der Waals surface area contributed by atoms with Crippen molar-refractivity contribution in [2.45, 2.75) is 12.8 Å². The Labute approximate surface area is 74.9 Å². The first-order valence-corrected chi connectivity index (χ1v) is 4.74. The first-order valence-electron chi connectivity index (χ1n) is 3.86. The number of hydrogen-bond donors (Lipinski definition) is 1. The highest BCUT2D eigenvalue weighted by molar-refractivity contribution is 7.10. The molecule has 1 N–H and O–H groups in total. The van der Waals surface area contributed by atoms with E-state index in [1.54, 1.807) is 23.6 Å². The van der Waals surface area contributed by atoms with Crippen molar-refractivity contribution in [3.8, 4) is 0 Å². The molecule has 0 spiro atoms. The van der Waals surface area contributed by atoms with Crippen LogP contribution in [0.25, 0.3) is 5.57 Å². The topological polar surface area (TPSA) is 33.1 Å². The Balaban J connectivity index is 2.31. The minimum atomic E-state index is 0.367. The van der Waals surface area contributed by atoms with Gasteiger partial charge in [-0.25, -0.2) is 4.98 Å². The van der Waals surface area contributed by atoms with Crippen LogP contribution in [0.1, 0.15) is 17.8 Å². The highest BCUT2D eigenvalue weighted by Gasteiger charge is 2.08. The Morgan fingerprint density at radius 1 is 1.50 bits per heavy atom. The lowest BCUT2D eigenvalue weighted by Crippen LogP contribution is -1.90. The molecule has 0 aliphatic heterocycles. The van der Waals surface area contributed by atoms with Crippen molar-refractivity contribution < 1.29 is 5.11 Å². The summed E-state index contributed by atoms with van der Waals surface area (Å²) in [6.07, 6.45) is 7.31. The van der Waals surface area contributed by atoms with Crippen molar-refractivity contribution in [3.05, 3.63) is 34.5 Å². The van der Waals surface area contributed by atoms with E-state index < -0.39 is 0 Å². The fraction of sp³-hybridized carbons (Fsp3) is 0.222. The van der Waals surface area contributed by atoms with Crippen LogP contribution in [0.15, 0.2) is 29.5 Å². The maximum atomic E-state index is 9.24. The number of allylic oxidation sites excluding steroid dienone is 3. The molecule has 1 aliphatic rings. The molecule has 1 aromatic heterocycles. The second kappa shape index (κ2) is 3.11. The lowest BCUT2D eigenvalue weighted by atomic mass is 10.1. The van der Waals surface area contributed by atoms with Gasteiger partial charge >= 0.3 is 0 Å². The van der Waals surface area contributed by atoms with Gasteiger partial charge in [-0.2, -0.15) is 0 Å². The van der Waals surface area contributed by atoms with Crippen LogP contribution in [-0.2, 0) is 0 Å². The fourth-order valence-corrected chi connectivity index (χ4v) is 1.92. The van der Waals surface area contributed by atoms with E-state index in [-0.39, 0.29) is 0 Å². The van der Waals surface area contributed by atoms with E-state index in [4.69, 9.17) is 0 Å². The molecular formula is C9H9NOS. The number of nitrogens with zero attached hydrogens (tertiary/aromatic N) is 1. The monoisotopic (exact) mass is 179 g/mol. The van der Waals surface area contributed by atoms with E-state index in [1.807, 2.05) is 11.5 Å². The molecule has 12 heavy (non-hydrogen) atoms. The summed E-state index contributed by atoms with van der Waals surface area (Å²) in [5.74, 6) is 0.367. The highest BCUT2D eigenvalue weighted by atomic mass is 32.1. The SMILES string of the molecule is OC1=CCCC(c2nccs2)=C1. The molecule has 0 saturated carbocycles. The van der Waals surface area contributed by atoms with E-state index in [2.05, 4.69) is 4.98 Å². The first-order chi connectivity index (χ1) is 5.86. The third kappa shape index (κ3) is 1.41. The van der Waals surface area contributed by atoms with E-state index in [1.165, 1.54) is 0 Å². The number of aromatic nitrogens is 1. The standard InChI is InChI=1S/C9H9NOS/c11-8-3-1-2-7(6-8)9-10-4-5-12-9/h3-6,11H,1-2H2. The Kier molecular flexibility index (Phi) is 1.96. The molecule has 1 aromatic rings. The van der Waals surface area contributed by atoms with Gasteiger partial charge in [0.1, 0.15) is 10.8 Å². The third-order valence-electron chi connectivity index (χ3n) is 1.80. The zero-order valence-electron chi connectivity index (χ0n) is 6.53. The van der Waals surface area contributed by atoms with Gasteiger partial charge in [0.25, 0.3) is 0 Å². The number of thiazole rings is 1. The van der Waals surface area contributed by atoms with Crippen LogP contribution < -0.4 is 0 Å². The van der Waals surface area contributed by atoms with Crippen LogP contribution in [0, 0.1) is 0 Å². The van der Waals surface area contributed by atoms with Crippen LogP contribution in [0.4, 0.5) is 0 Å². The molecule has 0 amide bonds. The normalized spacial score (nSPS) is 17.0. The van der Waals surface area contributed by atoms with Crippen molar-refractivity contribution >= 4 is 16.9 Å². The molecule has 0 atom stereocenters. The predicted octanol–water partition coefficient (Wildman–Crippen LogP) is 2.76. The maximum Gasteiger partial charge on any atom is 0.119 e. The van der Waals surface area contributed by atoms with Crippen LogP contribution in [-0.4, -0.2) is 10.1 Å². The Morgan fingerprint density at radius 2 is 2.42 bits per heavy atom. The Morgan fingerprint density at radius 3 is 3.08 bits per heavy atom. The molecule has 2 nitrogen and oxygen atoms in total. The van der Waals surface area contributed by atoms with Crippen LogP contribution in [0.5, 0.6) is 0 Å². The maximum absolute atomic E-state index is 9.24. The molecule has 0 fully saturated rings. The molecule has 0 bridgehead atoms. The summed E-state index contributed by atoms with van der Waals surface area (Å²) < 4.78 is 0. The van der Waals surface area contributed by atoms with E-state index in [0.29, 0.717) is 5.76 Å². The largest absolute Gasteiger partial charge is 0.508 e. The molecule has 1 aliphatic carbocycles. The van der Waals surface area contributed by atoms with Crippen molar-refractivity contribution in [2.24, 2.45) is 0 Å². The number of aliphatic hydroxyl groups is 1. The summed E-state index contributed by atoms with van der Waals surface area (Å²) in [4.78, 5) is 4.19. The highest BCUT2D eigenvalue weighted by Crippen LogP contribution is 2.26. The second-order valence-electron chi connectivity index (χ2n) is 2.67. The molecule has 0 radical (unpaired) electrons. The Bertz CT molecular complexity index is 324. The Hall–Kier alpha value is -1.09. The summed E-state index contributed by atoms with van der Waals surface area (Å²) in [6.45, 7) is 0. The second-order valence-corrected chi connectivity index (χ2v) is 3.57. The number of aliphatic hydroxyl groups excluding tert-OH is 1. The predicted molar refractivity (Wildman–Crippen MR) is 50.0 cm³/mol. The van der Waals surface area contributed by atoms with E-state index in [0.717, 1.165) is 23.4 Å². The summed E-state index contributed by atoms with van der Waals surface area (Å²) in [5.41, 5.74) is 1.14. The van der Waals surface area contributed by atoms with Gasteiger partial charge < -0.3 is 5.11 Å².